The quantitative estimate of drug-likeness (QED) is 0.653. The van der Waals surface area contributed by atoms with E-state index >= 15 is 0 Å². The Kier molecular flexibility index (Phi) is 3.02. The van der Waals surface area contributed by atoms with Gasteiger partial charge in [0.05, 0.1) is 12.7 Å². The van der Waals surface area contributed by atoms with Crippen molar-refractivity contribution in [1.82, 2.24) is 19.2 Å². The molecule has 0 saturated carbocycles. The van der Waals surface area contributed by atoms with Crippen molar-refractivity contribution in [3.8, 4) is 11.4 Å². The van der Waals surface area contributed by atoms with Crippen molar-refractivity contribution in [3.05, 3.63) is 52.6 Å². The van der Waals surface area contributed by atoms with Gasteiger partial charge in [-0.3, -0.25) is 9.20 Å². The van der Waals surface area contributed by atoms with Gasteiger partial charge in [-0.05, 0) is 18.2 Å². The molecule has 7 nitrogen and oxygen atoms in total. The van der Waals surface area contributed by atoms with Gasteiger partial charge in [-0.1, -0.05) is 0 Å². The highest BCUT2D eigenvalue weighted by atomic mass is 16.5. The zero-order valence-corrected chi connectivity index (χ0v) is 11.5. The molecule has 0 aliphatic carbocycles. The second-order valence-corrected chi connectivity index (χ2v) is 4.53. The third-order valence-electron chi connectivity index (χ3n) is 3.19. The number of hydrogen-bond donors (Lipinski definition) is 0. The van der Waals surface area contributed by atoms with Gasteiger partial charge in [0.2, 0.25) is 0 Å². The molecule has 0 spiro atoms. The molecule has 3 aromatic rings. The summed E-state index contributed by atoms with van der Waals surface area (Å²) in [6.07, 6.45) is 3.25. The predicted molar refractivity (Wildman–Crippen MR) is 75.0 cm³/mol. The molecule has 0 aliphatic rings. The average molecular weight is 284 g/mol. The minimum absolute atomic E-state index is 0.145. The lowest BCUT2D eigenvalue weighted by Gasteiger charge is -2.03. The van der Waals surface area contributed by atoms with Gasteiger partial charge >= 0.3 is 5.97 Å². The van der Waals surface area contributed by atoms with Gasteiger partial charge in [0.1, 0.15) is 0 Å². The van der Waals surface area contributed by atoms with Crippen molar-refractivity contribution >= 4 is 11.6 Å². The Labute approximate surface area is 119 Å². The molecule has 0 aromatic carbocycles. The van der Waals surface area contributed by atoms with Gasteiger partial charge in [0.15, 0.2) is 11.5 Å². The van der Waals surface area contributed by atoms with E-state index in [9.17, 15) is 9.59 Å². The molecule has 0 aliphatic heterocycles. The number of pyridine rings is 2. The number of esters is 1. The van der Waals surface area contributed by atoms with Gasteiger partial charge in [0, 0.05) is 31.1 Å². The average Bonchev–Trinajstić information content (AvgIpc) is 2.92. The van der Waals surface area contributed by atoms with Crippen LogP contribution in [0.5, 0.6) is 0 Å². The Hall–Kier alpha value is -2.96. The molecule has 0 atom stereocenters. The fraction of sp³-hybridized carbons (Fsp3) is 0.143. The summed E-state index contributed by atoms with van der Waals surface area (Å²) in [6, 6.07) is 6.53. The molecule has 0 fully saturated rings. The standard InChI is InChI=1S/C14H12N4O3/c1-17-6-5-9(7-12(17)19)13-16-15-11-4-3-10(8-18(11)13)14(20)21-2/h3-8H,1-2H3. The molecule has 0 amide bonds. The molecule has 3 aromatic heterocycles. The molecule has 7 heteroatoms. The van der Waals surface area contributed by atoms with Crippen molar-refractivity contribution in [2.75, 3.05) is 7.11 Å². The highest BCUT2D eigenvalue weighted by molar-refractivity contribution is 5.89. The molecular formula is C14H12N4O3. The topological polar surface area (TPSA) is 78.5 Å². The molecule has 3 rings (SSSR count). The Morgan fingerprint density at radius 1 is 1.24 bits per heavy atom. The number of carbonyl (C=O) groups is 1. The number of rotatable bonds is 2. The molecule has 0 N–H and O–H groups in total. The van der Waals surface area contributed by atoms with E-state index < -0.39 is 5.97 Å². The highest BCUT2D eigenvalue weighted by Gasteiger charge is 2.12. The van der Waals surface area contributed by atoms with Crippen LogP contribution in [-0.4, -0.2) is 32.2 Å². The van der Waals surface area contributed by atoms with Gasteiger partial charge in [0.25, 0.3) is 5.56 Å². The summed E-state index contributed by atoms with van der Waals surface area (Å²) >= 11 is 0. The van der Waals surface area contributed by atoms with E-state index in [1.54, 1.807) is 42.0 Å². The first-order chi connectivity index (χ1) is 10.1. The van der Waals surface area contributed by atoms with Crippen LogP contribution in [0.25, 0.3) is 17.0 Å². The second kappa shape index (κ2) is 4.86. The lowest BCUT2D eigenvalue weighted by molar-refractivity contribution is 0.0600. The molecule has 106 valence electrons. The molecule has 0 saturated heterocycles. The van der Waals surface area contributed by atoms with Crippen LogP contribution in [0.2, 0.25) is 0 Å². The monoisotopic (exact) mass is 284 g/mol. The number of ether oxygens (including phenoxy) is 1. The minimum Gasteiger partial charge on any atom is -0.465 e. The lowest BCUT2D eigenvalue weighted by atomic mass is 10.2. The van der Waals surface area contributed by atoms with Gasteiger partial charge in [-0.25, -0.2) is 4.79 Å². The molecule has 0 radical (unpaired) electrons. The highest BCUT2D eigenvalue weighted by Crippen LogP contribution is 2.17. The largest absolute Gasteiger partial charge is 0.465 e. The van der Waals surface area contributed by atoms with Crippen LogP contribution in [0.4, 0.5) is 0 Å². The van der Waals surface area contributed by atoms with Crippen LogP contribution in [0.1, 0.15) is 10.4 Å². The summed E-state index contributed by atoms with van der Waals surface area (Å²) in [7, 11) is 2.99. The first-order valence-electron chi connectivity index (χ1n) is 6.20. The Bertz CT molecular complexity index is 895. The molecule has 0 bridgehead atoms. The number of aryl methyl sites for hydroxylation is 1. The maximum absolute atomic E-state index is 11.7. The summed E-state index contributed by atoms with van der Waals surface area (Å²) in [5.41, 5.74) is 1.45. The van der Waals surface area contributed by atoms with Crippen LogP contribution in [-0.2, 0) is 11.8 Å². The third-order valence-corrected chi connectivity index (χ3v) is 3.19. The van der Waals surface area contributed by atoms with Crippen LogP contribution < -0.4 is 5.56 Å². The zero-order valence-electron chi connectivity index (χ0n) is 11.5. The van der Waals surface area contributed by atoms with E-state index in [-0.39, 0.29) is 5.56 Å². The van der Waals surface area contributed by atoms with Crippen molar-refractivity contribution in [2.24, 2.45) is 7.05 Å². The van der Waals surface area contributed by atoms with Gasteiger partial charge in [-0.2, -0.15) is 0 Å². The first kappa shape index (κ1) is 13.0. The van der Waals surface area contributed by atoms with Gasteiger partial charge in [-0.15, -0.1) is 10.2 Å². The Balaban J connectivity index is 2.20. The summed E-state index contributed by atoms with van der Waals surface area (Å²) in [6.45, 7) is 0. The van der Waals surface area contributed by atoms with Crippen molar-refractivity contribution in [1.29, 1.82) is 0 Å². The Morgan fingerprint density at radius 3 is 2.76 bits per heavy atom. The van der Waals surface area contributed by atoms with Crippen molar-refractivity contribution in [2.45, 2.75) is 0 Å². The van der Waals surface area contributed by atoms with E-state index in [0.717, 1.165) is 0 Å². The number of fused-ring (bicyclic) bond motifs is 1. The fourth-order valence-electron chi connectivity index (χ4n) is 2.01. The number of hydrogen-bond acceptors (Lipinski definition) is 5. The summed E-state index contributed by atoms with van der Waals surface area (Å²) < 4.78 is 7.81. The minimum atomic E-state index is -0.444. The fourth-order valence-corrected chi connectivity index (χ4v) is 2.01. The molecule has 3 heterocycles. The van der Waals surface area contributed by atoms with E-state index in [1.807, 2.05) is 0 Å². The second-order valence-electron chi connectivity index (χ2n) is 4.53. The maximum Gasteiger partial charge on any atom is 0.339 e. The molecule has 21 heavy (non-hydrogen) atoms. The SMILES string of the molecule is COC(=O)c1ccc2nnc(-c3ccn(C)c(=O)c3)n2c1. The third kappa shape index (κ3) is 2.18. The number of nitrogens with zero attached hydrogens (tertiary/aromatic N) is 4. The smallest absolute Gasteiger partial charge is 0.339 e. The Morgan fingerprint density at radius 2 is 2.05 bits per heavy atom. The summed E-state index contributed by atoms with van der Waals surface area (Å²) in [4.78, 5) is 23.3. The number of carbonyl (C=O) groups excluding carboxylic acids is 1. The maximum atomic E-state index is 11.7. The normalized spacial score (nSPS) is 10.8. The number of methoxy groups -OCH3 is 1. The summed E-state index contributed by atoms with van der Waals surface area (Å²) in [5.74, 6) is 0.0500. The summed E-state index contributed by atoms with van der Waals surface area (Å²) in [5, 5.41) is 8.10. The molecule has 0 unspecified atom stereocenters. The molecular weight excluding hydrogens is 272 g/mol. The lowest BCUT2D eigenvalue weighted by Crippen LogP contribution is -2.14. The van der Waals surface area contributed by atoms with E-state index in [1.165, 1.54) is 17.7 Å². The van der Waals surface area contributed by atoms with E-state index in [4.69, 9.17) is 4.74 Å². The van der Waals surface area contributed by atoms with Crippen LogP contribution in [0.3, 0.4) is 0 Å². The van der Waals surface area contributed by atoms with E-state index in [0.29, 0.717) is 22.6 Å². The number of aromatic nitrogens is 4. The van der Waals surface area contributed by atoms with Crippen LogP contribution in [0.15, 0.2) is 41.5 Å². The first-order valence-corrected chi connectivity index (χ1v) is 6.20. The van der Waals surface area contributed by atoms with Crippen LogP contribution >= 0.6 is 0 Å². The predicted octanol–water partition coefficient (Wildman–Crippen LogP) is 0.882. The van der Waals surface area contributed by atoms with E-state index in [2.05, 4.69) is 10.2 Å². The van der Waals surface area contributed by atoms with Crippen molar-refractivity contribution in [3.63, 3.8) is 0 Å². The zero-order chi connectivity index (χ0) is 15.0. The van der Waals surface area contributed by atoms with Crippen molar-refractivity contribution < 1.29 is 9.53 Å². The van der Waals surface area contributed by atoms with Gasteiger partial charge < -0.3 is 9.30 Å². The van der Waals surface area contributed by atoms with Crippen LogP contribution in [0, 0.1) is 0 Å².